The predicted octanol–water partition coefficient (Wildman–Crippen LogP) is 13.8. The summed E-state index contributed by atoms with van der Waals surface area (Å²) in [5.41, 5.74) is 5.88. The maximum atomic E-state index is 13.5. The SMILES string of the molecule is CCCCCCCCCCCC(=O)OC(=O)CCC(N)C(=O)OC(CCCCCCCC)(CCCCCCCC)CCCCCCCCCCC. The van der Waals surface area contributed by atoms with Gasteiger partial charge in [-0.2, -0.15) is 0 Å². The van der Waals surface area contributed by atoms with Gasteiger partial charge in [0, 0.05) is 12.8 Å². The third-order valence-electron chi connectivity index (χ3n) is 10.7. The second-order valence-electron chi connectivity index (χ2n) is 15.8. The average molecular weight is 722 g/mol. The second kappa shape index (κ2) is 36.9. The van der Waals surface area contributed by atoms with Gasteiger partial charge in [-0.15, -0.1) is 0 Å². The molecule has 0 aliphatic carbocycles. The summed E-state index contributed by atoms with van der Waals surface area (Å²) in [6.07, 6.45) is 39.3. The van der Waals surface area contributed by atoms with E-state index in [4.69, 9.17) is 15.2 Å². The largest absolute Gasteiger partial charge is 0.458 e. The van der Waals surface area contributed by atoms with Gasteiger partial charge in [0.25, 0.3) is 0 Å². The maximum Gasteiger partial charge on any atom is 0.323 e. The summed E-state index contributed by atoms with van der Waals surface area (Å²) in [7, 11) is 0. The highest BCUT2D eigenvalue weighted by atomic mass is 16.6. The first-order valence-corrected chi connectivity index (χ1v) is 22.6. The summed E-state index contributed by atoms with van der Waals surface area (Å²) in [4.78, 5) is 38.3. The molecule has 6 nitrogen and oxygen atoms in total. The Morgan fingerprint density at radius 3 is 1.08 bits per heavy atom. The van der Waals surface area contributed by atoms with Crippen LogP contribution >= 0.6 is 0 Å². The van der Waals surface area contributed by atoms with Crippen molar-refractivity contribution >= 4 is 17.9 Å². The van der Waals surface area contributed by atoms with Gasteiger partial charge in [-0.3, -0.25) is 14.4 Å². The molecule has 0 saturated carbocycles. The van der Waals surface area contributed by atoms with Crippen molar-refractivity contribution in [2.45, 2.75) is 270 Å². The molecular weight excluding hydrogens is 634 g/mol. The molecule has 0 aromatic heterocycles. The molecule has 0 saturated heterocycles. The molecule has 0 aromatic rings. The molecule has 0 aliphatic rings. The summed E-state index contributed by atoms with van der Waals surface area (Å²) in [6, 6.07) is -0.901. The number of carbonyl (C=O) groups is 3. The van der Waals surface area contributed by atoms with Gasteiger partial charge in [-0.25, -0.2) is 0 Å². The number of carbonyl (C=O) groups excluding carboxylic acids is 3. The van der Waals surface area contributed by atoms with Gasteiger partial charge in [0.2, 0.25) is 0 Å². The van der Waals surface area contributed by atoms with E-state index < -0.39 is 29.6 Å². The fourth-order valence-electron chi connectivity index (χ4n) is 7.23. The molecule has 0 bridgehead atoms. The minimum absolute atomic E-state index is 0.0557. The van der Waals surface area contributed by atoms with Crippen LogP contribution in [0.2, 0.25) is 0 Å². The van der Waals surface area contributed by atoms with Crippen LogP contribution in [0, 0.1) is 0 Å². The number of esters is 3. The van der Waals surface area contributed by atoms with Crippen molar-refractivity contribution in [3.8, 4) is 0 Å². The van der Waals surface area contributed by atoms with Crippen LogP contribution in [0.25, 0.3) is 0 Å². The molecule has 1 unspecified atom stereocenters. The van der Waals surface area contributed by atoms with Crippen molar-refractivity contribution in [2.24, 2.45) is 5.73 Å². The van der Waals surface area contributed by atoms with Crippen LogP contribution in [0.5, 0.6) is 0 Å². The highest BCUT2D eigenvalue weighted by Crippen LogP contribution is 2.34. The zero-order chi connectivity index (χ0) is 37.7. The van der Waals surface area contributed by atoms with E-state index in [2.05, 4.69) is 27.7 Å². The van der Waals surface area contributed by atoms with Crippen LogP contribution in [0.1, 0.15) is 259 Å². The monoisotopic (exact) mass is 722 g/mol. The summed E-state index contributed by atoms with van der Waals surface area (Å²) < 4.78 is 11.5. The van der Waals surface area contributed by atoms with Gasteiger partial charge in [0.05, 0.1) is 0 Å². The Bertz CT molecular complexity index is 783. The highest BCUT2D eigenvalue weighted by molar-refractivity contribution is 5.86. The van der Waals surface area contributed by atoms with Gasteiger partial charge >= 0.3 is 17.9 Å². The normalized spacial score (nSPS) is 12.3. The zero-order valence-corrected chi connectivity index (χ0v) is 34.7. The smallest absolute Gasteiger partial charge is 0.323 e. The quantitative estimate of drug-likeness (QED) is 0.0386. The maximum absolute atomic E-state index is 13.5. The molecule has 51 heavy (non-hydrogen) atoms. The molecule has 0 rings (SSSR count). The fourth-order valence-corrected chi connectivity index (χ4v) is 7.23. The van der Waals surface area contributed by atoms with E-state index in [1.807, 2.05) is 0 Å². The lowest BCUT2D eigenvalue weighted by Gasteiger charge is -2.35. The predicted molar refractivity (Wildman–Crippen MR) is 217 cm³/mol. The van der Waals surface area contributed by atoms with Gasteiger partial charge in [0.15, 0.2) is 0 Å². The van der Waals surface area contributed by atoms with E-state index in [9.17, 15) is 14.4 Å². The van der Waals surface area contributed by atoms with Crippen molar-refractivity contribution in [1.29, 1.82) is 0 Å². The lowest BCUT2D eigenvalue weighted by atomic mass is 9.84. The molecule has 1 atom stereocenters. The molecule has 0 heterocycles. The third-order valence-corrected chi connectivity index (χ3v) is 10.7. The first kappa shape index (κ1) is 49.6. The molecule has 0 spiro atoms. The number of nitrogens with two attached hydrogens (primary N) is 1. The van der Waals surface area contributed by atoms with Crippen LogP contribution in [-0.4, -0.2) is 29.6 Å². The molecule has 0 radical (unpaired) electrons. The number of ether oxygens (including phenoxy) is 2. The molecule has 2 N–H and O–H groups in total. The zero-order valence-electron chi connectivity index (χ0n) is 34.7. The lowest BCUT2D eigenvalue weighted by molar-refractivity contribution is -0.165. The molecule has 0 aliphatic heterocycles. The van der Waals surface area contributed by atoms with E-state index >= 15 is 0 Å². The number of hydrogen-bond acceptors (Lipinski definition) is 6. The summed E-state index contributed by atoms with van der Waals surface area (Å²) in [6.45, 7) is 8.98. The number of hydrogen-bond donors (Lipinski definition) is 1. The minimum Gasteiger partial charge on any atom is -0.458 e. The highest BCUT2D eigenvalue weighted by Gasteiger charge is 2.35. The van der Waals surface area contributed by atoms with E-state index in [0.29, 0.717) is 0 Å². The topological polar surface area (TPSA) is 95.7 Å². The van der Waals surface area contributed by atoms with Crippen molar-refractivity contribution in [3.63, 3.8) is 0 Å². The van der Waals surface area contributed by atoms with Gasteiger partial charge in [-0.1, -0.05) is 195 Å². The molecule has 302 valence electrons. The molecular formula is C45H87NO5. The van der Waals surface area contributed by atoms with E-state index in [0.717, 1.165) is 57.8 Å². The molecule has 0 fully saturated rings. The van der Waals surface area contributed by atoms with E-state index in [1.165, 1.54) is 154 Å². The Kier molecular flexibility index (Phi) is 35.9. The molecule has 0 amide bonds. The van der Waals surface area contributed by atoms with Crippen molar-refractivity contribution in [2.75, 3.05) is 0 Å². The van der Waals surface area contributed by atoms with E-state index in [-0.39, 0.29) is 19.3 Å². The average Bonchev–Trinajstić information content (AvgIpc) is 3.12. The van der Waals surface area contributed by atoms with Gasteiger partial charge < -0.3 is 15.2 Å². The van der Waals surface area contributed by atoms with Crippen LogP contribution in [0.15, 0.2) is 0 Å². The fraction of sp³-hybridized carbons (Fsp3) is 0.933. The van der Waals surface area contributed by atoms with Crippen LogP contribution in [0.3, 0.4) is 0 Å². The standard InChI is InChI=1S/C45H87NO5/c1-5-9-13-17-21-23-25-27-31-35-42(47)50-43(48)37-36-41(46)44(49)51-45(38-32-28-19-15-11-7-3,39-33-29-20-16-12-8-4)40-34-30-26-24-22-18-14-10-6-2/h41H,5-40,46H2,1-4H3. The van der Waals surface area contributed by atoms with Crippen molar-refractivity contribution in [3.05, 3.63) is 0 Å². The van der Waals surface area contributed by atoms with Crippen molar-refractivity contribution < 1.29 is 23.9 Å². The van der Waals surface area contributed by atoms with Gasteiger partial charge in [0.1, 0.15) is 11.6 Å². The second-order valence-corrected chi connectivity index (χ2v) is 15.8. The van der Waals surface area contributed by atoms with Crippen LogP contribution in [-0.2, 0) is 23.9 Å². The summed E-state index contributed by atoms with van der Waals surface area (Å²) in [5.74, 6) is -1.48. The van der Waals surface area contributed by atoms with E-state index in [1.54, 1.807) is 0 Å². The summed E-state index contributed by atoms with van der Waals surface area (Å²) in [5, 5.41) is 0. The van der Waals surface area contributed by atoms with Gasteiger partial charge in [-0.05, 0) is 51.4 Å². The molecule has 6 heteroatoms. The first-order valence-electron chi connectivity index (χ1n) is 22.6. The number of rotatable bonds is 39. The third kappa shape index (κ3) is 31.8. The first-order chi connectivity index (χ1) is 24.8. The minimum atomic E-state index is -0.901. The Morgan fingerprint density at radius 2 is 0.725 bits per heavy atom. The Morgan fingerprint density at radius 1 is 0.431 bits per heavy atom. The summed E-state index contributed by atoms with van der Waals surface area (Å²) >= 11 is 0. The van der Waals surface area contributed by atoms with Crippen molar-refractivity contribution in [1.82, 2.24) is 0 Å². The Balaban J connectivity index is 5.06. The van der Waals surface area contributed by atoms with Crippen LogP contribution < -0.4 is 5.73 Å². The molecule has 0 aromatic carbocycles. The Labute approximate surface area is 317 Å². The number of unbranched alkanes of at least 4 members (excludes halogenated alkanes) is 26. The Hall–Kier alpha value is -1.43. The van der Waals surface area contributed by atoms with Crippen LogP contribution in [0.4, 0.5) is 0 Å². The lowest BCUT2D eigenvalue weighted by Crippen LogP contribution is -2.42.